The maximum atomic E-state index is 12.9. The highest BCUT2D eigenvalue weighted by Gasteiger charge is 2.26. The SMILES string of the molecule is CC(NC(=O)c1cccc(Cl)c1Cl)C(=O)N1CCCN(CC2CCCCC2)CC1. The molecule has 1 unspecified atom stereocenters. The molecule has 2 amide bonds. The van der Waals surface area contributed by atoms with Crippen LogP contribution in [-0.2, 0) is 4.79 Å². The zero-order valence-electron chi connectivity index (χ0n) is 17.1. The Hall–Kier alpha value is -1.30. The fourth-order valence-corrected chi connectivity index (χ4v) is 4.78. The van der Waals surface area contributed by atoms with Gasteiger partial charge in [0.05, 0.1) is 15.6 Å². The van der Waals surface area contributed by atoms with Crippen LogP contribution in [0.25, 0.3) is 0 Å². The molecule has 0 aromatic heterocycles. The molecule has 29 heavy (non-hydrogen) atoms. The highest BCUT2D eigenvalue weighted by atomic mass is 35.5. The highest BCUT2D eigenvalue weighted by Crippen LogP contribution is 2.26. The molecule has 0 radical (unpaired) electrons. The maximum absolute atomic E-state index is 12.9. The molecule has 3 rings (SSSR count). The molecule has 1 heterocycles. The molecule has 2 aliphatic rings. The Morgan fingerprint density at radius 3 is 2.59 bits per heavy atom. The van der Waals surface area contributed by atoms with Crippen molar-refractivity contribution in [2.24, 2.45) is 5.92 Å². The van der Waals surface area contributed by atoms with Crippen LogP contribution >= 0.6 is 23.2 Å². The molecule has 160 valence electrons. The first-order valence-corrected chi connectivity index (χ1v) is 11.5. The van der Waals surface area contributed by atoms with Crippen LogP contribution in [0.15, 0.2) is 18.2 Å². The standard InChI is InChI=1S/C22H31Cl2N3O2/c1-16(25-21(28)18-9-5-10-19(23)20(18)24)22(29)27-12-6-11-26(13-14-27)15-17-7-3-2-4-8-17/h5,9-10,16-17H,2-4,6-8,11-15H2,1H3,(H,25,28). The van der Waals surface area contributed by atoms with Gasteiger partial charge in [-0.3, -0.25) is 9.59 Å². The quantitative estimate of drug-likeness (QED) is 0.746. The Morgan fingerprint density at radius 1 is 1.07 bits per heavy atom. The van der Waals surface area contributed by atoms with Crippen LogP contribution in [0.2, 0.25) is 10.0 Å². The van der Waals surface area contributed by atoms with E-state index in [2.05, 4.69) is 10.2 Å². The number of nitrogens with one attached hydrogen (secondary N) is 1. The molecule has 5 nitrogen and oxygen atoms in total. The lowest BCUT2D eigenvalue weighted by molar-refractivity contribution is -0.132. The van der Waals surface area contributed by atoms with Gasteiger partial charge in [-0.1, -0.05) is 48.5 Å². The van der Waals surface area contributed by atoms with E-state index in [9.17, 15) is 9.59 Å². The third-order valence-corrected chi connectivity index (χ3v) is 6.87. The van der Waals surface area contributed by atoms with E-state index in [0.29, 0.717) is 11.6 Å². The fraction of sp³-hybridized carbons (Fsp3) is 0.636. The molecule has 2 fully saturated rings. The number of carbonyl (C=O) groups excluding carboxylic acids is 2. The Balaban J connectivity index is 1.51. The van der Waals surface area contributed by atoms with Crippen LogP contribution in [0.1, 0.15) is 55.8 Å². The minimum atomic E-state index is -0.609. The minimum Gasteiger partial charge on any atom is -0.340 e. The van der Waals surface area contributed by atoms with Gasteiger partial charge in [0.2, 0.25) is 5.91 Å². The van der Waals surface area contributed by atoms with E-state index in [4.69, 9.17) is 23.2 Å². The second-order valence-electron chi connectivity index (χ2n) is 8.28. The van der Waals surface area contributed by atoms with Crippen LogP contribution in [0.3, 0.4) is 0 Å². The Morgan fingerprint density at radius 2 is 1.83 bits per heavy atom. The summed E-state index contributed by atoms with van der Waals surface area (Å²) in [5.41, 5.74) is 0.286. The van der Waals surface area contributed by atoms with E-state index in [-0.39, 0.29) is 22.4 Å². The summed E-state index contributed by atoms with van der Waals surface area (Å²) in [7, 11) is 0. The molecule has 1 aliphatic carbocycles. The molecule has 0 bridgehead atoms. The van der Waals surface area contributed by atoms with E-state index >= 15 is 0 Å². The van der Waals surface area contributed by atoms with Gasteiger partial charge in [-0.2, -0.15) is 0 Å². The number of halogens is 2. The van der Waals surface area contributed by atoms with Crippen LogP contribution in [0, 0.1) is 5.92 Å². The van der Waals surface area contributed by atoms with Crippen molar-refractivity contribution in [1.29, 1.82) is 0 Å². The smallest absolute Gasteiger partial charge is 0.253 e. The van der Waals surface area contributed by atoms with Crippen molar-refractivity contribution in [1.82, 2.24) is 15.1 Å². The summed E-state index contributed by atoms with van der Waals surface area (Å²) in [4.78, 5) is 29.8. The van der Waals surface area contributed by atoms with Crippen molar-refractivity contribution in [2.45, 2.75) is 51.5 Å². The second-order valence-corrected chi connectivity index (χ2v) is 9.07. The first-order chi connectivity index (χ1) is 14.0. The highest BCUT2D eigenvalue weighted by molar-refractivity contribution is 6.43. The topological polar surface area (TPSA) is 52.7 Å². The number of amides is 2. The van der Waals surface area contributed by atoms with Gasteiger partial charge in [0.15, 0.2) is 0 Å². The largest absolute Gasteiger partial charge is 0.340 e. The summed E-state index contributed by atoms with van der Waals surface area (Å²) < 4.78 is 0. The fourth-order valence-electron chi connectivity index (χ4n) is 4.40. The van der Waals surface area contributed by atoms with Gasteiger partial charge >= 0.3 is 0 Å². The average Bonchev–Trinajstić information content (AvgIpc) is 2.95. The molecule has 1 saturated heterocycles. The van der Waals surface area contributed by atoms with Crippen LogP contribution in [0.4, 0.5) is 0 Å². The third-order valence-electron chi connectivity index (χ3n) is 6.06. The number of carbonyl (C=O) groups is 2. The summed E-state index contributed by atoms with van der Waals surface area (Å²) in [6.07, 6.45) is 7.75. The van der Waals surface area contributed by atoms with Crippen LogP contribution in [0.5, 0.6) is 0 Å². The molecule has 1 aliphatic heterocycles. The van der Waals surface area contributed by atoms with E-state index in [0.717, 1.165) is 38.5 Å². The average molecular weight is 440 g/mol. The van der Waals surface area contributed by atoms with Crippen LogP contribution in [-0.4, -0.2) is 60.4 Å². The number of nitrogens with zero attached hydrogens (tertiary/aromatic N) is 2. The molecule has 1 saturated carbocycles. The summed E-state index contributed by atoms with van der Waals surface area (Å²) >= 11 is 12.1. The maximum Gasteiger partial charge on any atom is 0.253 e. The molecular weight excluding hydrogens is 409 g/mol. The molecule has 7 heteroatoms. The third kappa shape index (κ3) is 6.09. The number of benzene rings is 1. The zero-order chi connectivity index (χ0) is 20.8. The van der Waals surface area contributed by atoms with Crippen molar-refractivity contribution >= 4 is 35.0 Å². The summed E-state index contributed by atoms with van der Waals surface area (Å²) in [6.45, 7) is 6.27. The predicted molar refractivity (Wildman–Crippen MR) is 118 cm³/mol. The van der Waals surface area contributed by atoms with Crippen molar-refractivity contribution in [3.8, 4) is 0 Å². The van der Waals surface area contributed by atoms with E-state index in [1.165, 1.54) is 32.1 Å². The lowest BCUT2D eigenvalue weighted by Crippen LogP contribution is -2.48. The van der Waals surface area contributed by atoms with Crippen molar-refractivity contribution in [3.05, 3.63) is 33.8 Å². The van der Waals surface area contributed by atoms with Gasteiger partial charge in [0, 0.05) is 26.2 Å². The van der Waals surface area contributed by atoms with E-state index in [1.54, 1.807) is 25.1 Å². The summed E-state index contributed by atoms with van der Waals surface area (Å²) in [5.74, 6) is 0.384. The molecule has 1 N–H and O–H groups in total. The van der Waals surface area contributed by atoms with Gasteiger partial charge in [-0.15, -0.1) is 0 Å². The van der Waals surface area contributed by atoms with Crippen molar-refractivity contribution < 1.29 is 9.59 Å². The first-order valence-electron chi connectivity index (χ1n) is 10.7. The molecule has 1 atom stereocenters. The Kier molecular flexibility index (Phi) is 8.22. The minimum absolute atomic E-state index is 0.0454. The van der Waals surface area contributed by atoms with Gasteiger partial charge in [-0.05, 0) is 50.8 Å². The van der Waals surface area contributed by atoms with E-state index in [1.807, 2.05) is 4.90 Å². The lowest BCUT2D eigenvalue weighted by atomic mass is 9.89. The normalized spacial score (nSPS) is 20.2. The monoisotopic (exact) mass is 439 g/mol. The molecule has 1 aromatic carbocycles. The first kappa shape index (κ1) is 22.4. The van der Waals surface area contributed by atoms with Gasteiger partial charge < -0.3 is 15.1 Å². The van der Waals surface area contributed by atoms with Gasteiger partial charge in [0.25, 0.3) is 5.91 Å². The van der Waals surface area contributed by atoms with E-state index < -0.39 is 6.04 Å². The van der Waals surface area contributed by atoms with Crippen molar-refractivity contribution in [2.75, 3.05) is 32.7 Å². The van der Waals surface area contributed by atoms with Gasteiger partial charge in [-0.25, -0.2) is 0 Å². The lowest BCUT2D eigenvalue weighted by Gasteiger charge is -2.29. The number of hydrogen-bond acceptors (Lipinski definition) is 3. The van der Waals surface area contributed by atoms with Crippen molar-refractivity contribution in [3.63, 3.8) is 0 Å². The summed E-state index contributed by atoms with van der Waals surface area (Å²) in [6, 6.07) is 4.30. The number of hydrogen-bond donors (Lipinski definition) is 1. The predicted octanol–water partition coefficient (Wildman–Crippen LogP) is 4.23. The zero-order valence-corrected chi connectivity index (χ0v) is 18.6. The molecule has 0 spiro atoms. The molecular formula is C22H31Cl2N3O2. The number of rotatable bonds is 5. The Bertz CT molecular complexity index is 722. The second kappa shape index (κ2) is 10.6. The van der Waals surface area contributed by atoms with Gasteiger partial charge in [0.1, 0.15) is 6.04 Å². The summed E-state index contributed by atoms with van der Waals surface area (Å²) in [5, 5.41) is 3.30. The van der Waals surface area contributed by atoms with Crippen LogP contribution < -0.4 is 5.32 Å². The molecule has 1 aromatic rings. The Labute approximate surface area is 183 Å².